The summed E-state index contributed by atoms with van der Waals surface area (Å²) < 4.78 is 0. The van der Waals surface area contributed by atoms with Crippen molar-refractivity contribution in [2.24, 2.45) is 0 Å². The van der Waals surface area contributed by atoms with Gasteiger partial charge >= 0.3 is 0 Å². The number of aliphatic hydroxyl groups is 1. The fourth-order valence-electron chi connectivity index (χ4n) is 1.76. The van der Waals surface area contributed by atoms with Gasteiger partial charge in [0.2, 0.25) is 5.91 Å². The average molecular weight is 287 g/mol. The molecule has 0 aliphatic rings. The Labute approximate surface area is 123 Å². The van der Waals surface area contributed by atoms with Crippen LogP contribution in [0.4, 0.5) is 5.69 Å². The van der Waals surface area contributed by atoms with Crippen LogP contribution in [0.25, 0.3) is 0 Å². The molecule has 3 nitrogen and oxygen atoms in total. The molecule has 2 N–H and O–H groups in total. The topological polar surface area (TPSA) is 49.3 Å². The largest absolute Gasteiger partial charge is 0.389 e. The predicted octanol–water partition coefficient (Wildman–Crippen LogP) is 3.85. The van der Waals surface area contributed by atoms with Crippen molar-refractivity contribution < 1.29 is 9.90 Å². The second-order valence-corrected chi connectivity index (χ2v) is 5.70. The minimum Gasteiger partial charge on any atom is -0.389 e. The summed E-state index contributed by atoms with van der Waals surface area (Å²) >= 11 is 1.64. The van der Waals surface area contributed by atoms with Gasteiger partial charge in [-0.2, -0.15) is 0 Å². The molecule has 0 saturated carbocycles. The first-order chi connectivity index (χ1) is 9.54. The number of benzene rings is 2. The van der Waals surface area contributed by atoms with Crippen LogP contribution in [0.5, 0.6) is 0 Å². The van der Waals surface area contributed by atoms with E-state index in [1.54, 1.807) is 18.7 Å². The van der Waals surface area contributed by atoms with E-state index < -0.39 is 6.10 Å². The highest BCUT2D eigenvalue weighted by molar-refractivity contribution is 7.99. The standard InChI is InChI=1S/C16H17NO2S/c1-11(18)13-3-7-15(8-4-13)20-16-9-5-14(6-10-16)17-12(2)19/h3-11,18H,1-2H3,(H,17,19)/t11-/m0/s1. The minimum atomic E-state index is -0.439. The third kappa shape index (κ3) is 4.11. The van der Waals surface area contributed by atoms with Crippen molar-refractivity contribution in [1.29, 1.82) is 0 Å². The minimum absolute atomic E-state index is 0.0703. The Kier molecular flexibility index (Phi) is 4.82. The maximum absolute atomic E-state index is 10.9. The first-order valence-corrected chi connectivity index (χ1v) is 7.20. The van der Waals surface area contributed by atoms with Gasteiger partial charge in [0.1, 0.15) is 0 Å². The van der Waals surface area contributed by atoms with Gasteiger partial charge in [0.05, 0.1) is 6.10 Å². The third-order valence-corrected chi connectivity index (χ3v) is 3.79. The van der Waals surface area contributed by atoms with Gasteiger partial charge in [0.25, 0.3) is 0 Å². The van der Waals surface area contributed by atoms with E-state index in [0.717, 1.165) is 21.0 Å². The van der Waals surface area contributed by atoms with E-state index in [1.807, 2.05) is 48.5 Å². The highest BCUT2D eigenvalue weighted by Crippen LogP contribution is 2.29. The zero-order valence-electron chi connectivity index (χ0n) is 11.5. The number of anilines is 1. The molecule has 2 rings (SSSR count). The molecule has 2 aromatic carbocycles. The van der Waals surface area contributed by atoms with Crippen LogP contribution in [0.15, 0.2) is 58.3 Å². The van der Waals surface area contributed by atoms with Gasteiger partial charge in [0, 0.05) is 22.4 Å². The monoisotopic (exact) mass is 287 g/mol. The summed E-state index contributed by atoms with van der Waals surface area (Å²) in [6, 6.07) is 15.6. The van der Waals surface area contributed by atoms with Gasteiger partial charge in [0.15, 0.2) is 0 Å². The van der Waals surface area contributed by atoms with Crippen LogP contribution in [0.3, 0.4) is 0 Å². The molecule has 0 bridgehead atoms. The van der Waals surface area contributed by atoms with Crippen LogP contribution in [0, 0.1) is 0 Å². The molecule has 1 atom stereocenters. The predicted molar refractivity (Wildman–Crippen MR) is 81.9 cm³/mol. The van der Waals surface area contributed by atoms with E-state index >= 15 is 0 Å². The van der Waals surface area contributed by atoms with Crippen LogP contribution in [0.2, 0.25) is 0 Å². The SMILES string of the molecule is CC(=O)Nc1ccc(Sc2ccc([C@H](C)O)cc2)cc1. The summed E-state index contributed by atoms with van der Waals surface area (Å²) in [4.78, 5) is 13.2. The molecule has 1 amide bonds. The Morgan fingerprint density at radius 1 is 1.05 bits per heavy atom. The van der Waals surface area contributed by atoms with E-state index in [0.29, 0.717) is 0 Å². The van der Waals surface area contributed by atoms with Gasteiger partial charge in [-0.15, -0.1) is 0 Å². The van der Waals surface area contributed by atoms with Crippen molar-refractivity contribution in [3.05, 3.63) is 54.1 Å². The average Bonchev–Trinajstić information content (AvgIpc) is 2.41. The van der Waals surface area contributed by atoms with Crippen LogP contribution < -0.4 is 5.32 Å². The second-order valence-electron chi connectivity index (χ2n) is 4.55. The summed E-state index contributed by atoms with van der Waals surface area (Å²) in [6.45, 7) is 3.25. The number of carbonyl (C=O) groups excluding carboxylic acids is 1. The Balaban J connectivity index is 2.04. The van der Waals surface area contributed by atoms with Crippen molar-refractivity contribution in [1.82, 2.24) is 0 Å². The van der Waals surface area contributed by atoms with Crippen molar-refractivity contribution >= 4 is 23.4 Å². The summed E-state index contributed by atoms with van der Waals surface area (Å²) in [5.41, 5.74) is 1.71. The summed E-state index contributed by atoms with van der Waals surface area (Å²) in [7, 11) is 0. The molecule has 0 aliphatic heterocycles. The molecule has 2 aromatic rings. The van der Waals surface area contributed by atoms with Crippen molar-refractivity contribution in [2.75, 3.05) is 5.32 Å². The molecule has 0 fully saturated rings. The van der Waals surface area contributed by atoms with E-state index in [9.17, 15) is 9.90 Å². The van der Waals surface area contributed by atoms with Gasteiger partial charge < -0.3 is 10.4 Å². The van der Waals surface area contributed by atoms with E-state index in [2.05, 4.69) is 5.32 Å². The number of hydrogen-bond acceptors (Lipinski definition) is 3. The smallest absolute Gasteiger partial charge is 0.221 e. The fourth-order valence-corrected chi connectivity index (χ4v) is 2.58. The van der Waals surface area contributed by atoms with Gasteiger partial charge in [-0.25, -0.2) is 0 Å². The molecule has 0 aliphatic carbocycles. The Morgan fingerprint density at radius 3 is 2.00 bits per heavy atom. The van der Waals surface area contributed by atoms with Crippen molar-refractivity contribution in [3.63, 3.8) is 0 Å². The molecule has 20 heavy (non-hydrogen) atoms. The highest BCUT2D eigenvalue weighted by atomic mass is 32.2. The van der Waals surface area contributed by atoms with Crippen LogP contribution in [0.1, 0.15) is 25.5 Å². The maximum atomic E-state index is 10.9. The maximum Gasteiger partial charge on any atom is 0.221 e. The lowest BCUT2D eigenvalue weighted by Gasteiger charge is -2.07. The molecule has 104 valence electrons. The highest BCUT2D eigenvalue weighted by Gasteiger charge is 2.02. The number of amides is 1. The normalized spacial score (nSPS) is 11.9. The van der Waals surface area contributed by atoms with Crippen LogP contribution in [-0.4, -0.2) is 11.0 Å². The van der Waals surface area contributed by atoms with E-state index in [4.69, 9.17) is 0 Å². The van der Waals surface area contributed by atoms with E-state index in [-0.39, 0.29) is 5.91 Å². The molecule has 4 heteroatoms. The molecule has 0 spiro atoms. The Hall–Kier alpha value is -1.78. The lowest BCUT2D eigenvalue weighted by atomic mass is 10.1. The number of aliphatic hydroxyl groups excluding tert-OH is 1. The first kappa shape index (κ1) is 14.6. The number of rotatable bonds is 4. The van der Waals surface area contributed by atoms with Gasteiger partial charge in [-0.05, 0) is 48.9 Å². The van der Waals surface area contributed by atoms with Crippen molar-refractivity contribution in [2.45, 2.75) is 29.7 Å². The molecule has 0 unspecified atom stereocenters. The van der Waals surface area contributed by atoms with E-state index in [1.165, 1.54) is 6.92 Å². The quantitative estimate of drug-likeness (QED) is 0.898. The lowest BCUT2D eigenvalue weighted by molar-refractivity contribution is -0.114. The Bertz CT molecular complexity index is 576. The zero-order chi connectivity index (χ0) is 14.5. The first-order valence-electron chi connectivity index (χ1n) is 6.38. The number of carbonyl (C=O) groups is 1. The molecular weight excluding hydrogens is 270 g/mol. The molecule has 0 radical (unpaired) electrons. The third-order valence-electron chi connectivity index (χ3n) is 2.77. The zero-order valence-corrected chi connectivity index (χ0v) is 12.3. The number of nitrogens with one attached hydrogen (secondary N) is 1. The Morgan fingerprint density at radius 2 is 1.55 bits per heavy atom. The van der Waals surface area contributed by atoms with Crippen LogP contribution >= 0.6 is 11.8 Å². The van der Waals surface area contributed by atoms with Gasteiger partial charge in [-0.3, -0.25) is 4.79 Å². The molecule has 0 heterocycles. The lowest BCUT2D eigenvalue weighted by Crippen LogP contribution is -2.05. The van der Waals surface area contributed by atoms with Crippen molar-refractivity contribution in [3.8, 4) is 0 Å². The van der Waals surface area contributed by atoms with Crippen LogP contribution in [-0.2, 0) is 4.79 Å². The molecule has 0 saturated heterocycles. The second kappa shape index (κ2) is 6.59. The van der Waals surface area contributed by atoms with Gasteiger partial charge in [-0.1, -0.05) is 23.9 Å². The fraction of sp³-hybridized carbons (Fsp3) is 0.188. The summed E-state index contributed by atoms with van der Waals surface area (Å²) in [6.07, 6.45) is -0.439. The number of hydrogen-bond donors (Lipinski definition) is 2. The molecular formula is C16H17NO2S. The molecule has 0 aromatic heterocycles. The summed E-state index contributed by atoms with van der Waals surface area (Å²) in [5, 5.41) is 12.2. The summed E-state index contributed by atoms with van der Waals surface area (Å²) in [5.74, 6) is -0.0703.